The van der Waals surface area contributed by atoms with Gasteiger partial charge in [0.05, 0.1) is 95.3 Å². The minimum Gasteiger partial charge on any atom is -0.307 e. The Kier molecular flexibility index (Phi) is 9.48. The van der Waals surface area contributed by atoms with E-state index in [1.165, 1.54) is 0 Å². The van der Waals surface area contributed by atoms with E-state index in [0.29, 0.717) is 38.6 Å². The number of fused-ring (bicyclic) bond motifs is 10. The van der Waals surface area contributed by atoms with Crippen LogP contribution in [-0.2, 0) is 0 Å². The summed E-state index contributed by atoms with van der Waals surface area (Å²) in [5, 5.41) is 37.0. The minimum absolute atomic E-state index is 0.241. The number of hydrogen-bond donors (Lipinski definition) is 0. The molecule has 0 fully saturated rings. The maximum absolute atomic E-state index is 15.5. The molecule has 14 aromatic rings. The van der Waals surface area contributed by atoms with Crippen LogP contribution in [0.15, 0.2) is 205 Å². The topological polar surface area (TPSA) is 142 Å². The maximum Gasteiger partial charge on any atom is 0.244 e. The van der Waals surface area contributed by atoms with Crippen molar-refractivity contribution >= 4 is 86.8 Å². The van der Waals surface area contributed by atoms with Crippen molar-refractivity contribution in [3.05, 3.63) is 226 Å². The molecule has 0 amide bonds. The second kappa shape index (κ2) is 16.5. The van der Waals surface area contributed by atoms with Gasteiger partial charge in [-0.05, 0) is 90.3 Å². The number of nitrogens with zero attached hydrogens (tertiary/aromatic N) is 9. The van der Waals surface area contributed by atoms with Crippen molar-refractivity contribution in [1.29, 1.82) is 15.8 Å². The summed E-state index contributed by atoms with van der Waals surface area (Å²) in [7, 11) is 0. The Hall–Kier alpha value is -10.5. The number of aromatic nitrogens is 6. The zero-order valence-electron chi connectivity index (χ0n) is 38.9. The largest absolute Gasteiger partial charge is 0.307 e. The van der Waals surface area contributed by atoms with Gasteiger partial charge in [-0.1, -0.05) is 127 Å². The third-order valence-electron chi connectivity index (χ3n) is 14.0. The van der Waals surface area contributed by atoms with E-state index in [1.807, 2.05) is 158 Å². The van der Waals surface area contributed by atoms with E-state index in [-0.39, 0.29) is 10.6 Å². The van der Waals surface area contributed by atoms with E-state index in [4.69, 9.17) is 15.0 Å². The van der Waals surface area contributed by atoms with E-state index < -0.39 is 0 Å². The average Bonchev–Trinajstić information content (AvgIpc) is 4.13. The van der Waals surface area contributed by atoms with Gasteiger partial charge in [0.15, 0.2) is 17.5 Å². The molecule has 11 heteroatoms. The first-order chi connectivity index (χ1) is 36.5. The molecule has 0 spiro atoms. The van der Waals surface area contributed by atoms with Gasteiger partial charge in [0, 0.05) is 43.4 Å². The molecule has 0 saturated carbocycles. The van der Waals surface area contributed by atoms with Crippen LogP contribution in [0.25, 0.3) is 127 Å². The number of hydrogen-bond acceptors (Lipinski definition) is 8. The molecular formula is C63H33N9OS. The highest BCUT2D eigenvalue weighted by atomic mass is 32.1. The molecule has 0 N–H and O–H groups in total. The lowest BCUT2D eigenvalue weighted by molar-refractivity contribution is 1.06. The maximum atomic E-state index is 15.5. The summed E-state index contributed by atoms with van der Waals surface area (Å²) in [5.41, 5.74) is 10.9. The summed E-state index contributed by atoms with van der Waals surface area (Å²) >= 11 is 1.13. The lowest BCUT2D eigenvalue weighted by Crippen LogP contribution is -2.11. The van der Waals surface area contributed by atoms with E-state index in [9.17, 15) is 15.8 Å². The summed E-state index contributed by atoms with van der Waals surface area (Å²) in [6.45, 7) is 0. The fourth-order valence-corrected chi connectivity index (χ4v) is 11.7. The number of rotatable bonds is 6. The Morgan fingerprint density at radius 1 is 0.378 bits per heavy atom. The molecule has 74 heavy (non-hydrogen) atoms. The van der Waals surface area contributed by atoms with E-state index in [1.54, 1.807) is 0 Å². The van der Waals surface area contributed by atoms with Crippen molar-refractivity contribution < 1.29 is 0 Å². The molecule has 0 bridgehead atoms. The monoisotopic (exact) mass is 963 g/mol. The first-order valence-electron chi connectivity index (χ1n) is 23.8. The van der Waals surface area contributed by atoms with Crippen LogP contribution in [0.5, 0.6) is 0 Å². The van der Waals surface area contributed by atoms with Crippen LogP contribution in [0, 0.1) is 34.0 Å². The van der Waals surface area contributed by atoms with Crippen molar-refractivity contribution in [3.8, 4) is 69.4 Å². The van der Waals surface area contributed by atoms with E-state index in [2.05, 4.69) is 74.4 Å². The first-order valence-corrected chi connectivity index (χ1v) is 24.6. The van der Waals surface area contributed by atoms with Crippen LogP contribution in [-0.4, -0.2) is 28.7 Å². The molecule has 0 atom stereocenters. The average molecular weight is 964 g/mol. The summed E-state index contributed by atoms with van der Waals surface area (Å²) in [5.74, 6) is 1.11. The molecule has 9 aromatic carbocycles. The summed E-state index contributed by atoms with van der Waals surface area (Å²) in [4.78, 5) is 30.5. The SMILES string of the molecule is N#Cc1ccc2c(c1)c1ccccc1n2-c1cc2cc(-c3nc(-c4ccccc4)nc(-c4ccccc4)n3)c(=O)sc2c(-n2c3ccccc3c3cc(C#N)ccc32)c1-n1c2ccccc2c2cc(C#N)ccc21. The molecular weight excluding hydrogens is 931 g/mol. The molecule has 0 aliphatic rings. The summed E-state index contributed by atoms with van der Waals surface area (Å²) < 4.78 is 7.20. The molecule has 0 saturated heterocycles. The zero-order valence-corrected chi connectivity index (χ0v) is 39.7. The van der Waals surface area contributed by atoms with Gasteiger partial charge < -0.3 is 13.7 Å². The van der Waals surface area contributed by atoms with Crippen LogP contribution in [0.1, 0.15) is 16.7 Å². The zero-order chi connectivity index (χ0) is 49.6. The van der Waals surface area contributed by atoms with Gasteiger partial charge >= 0.3 is 0 Å². The van der Waals surface area contributed by atoms with Gasteiger partial charge in [0.1, 0.15) is 0 Å². The molecule has 5 aromatic heterocycles. The Morgan fingerprint density at radius 3 is 1.24 bits per heavy atom. The standard InChI is InChI=1S/C63H33N9OS/c64-34-37-23-26-53-46(29-37)43-17-7-10-20-50(43)70(53)56-33-42-32-49(62-68-60(40-13-3-1-4-14-40)67-61(69-62)41-15-5-2-6-16-41)63(73)74-59(42)58(72-52-22-12-9-19-45(52)48-31-39(36-66)25-28-55(48)72)57(56)71-51-21-11-8-18-44(51)47-30-38(35-65)24-27-54(47)71/h1-33H. The fraction of sp³-hybridized carbons (Fsp3) is 0. The number of benzene rings is 9. The van der Waals surface area contributed by atoms with Crippen LogP contribution in [0.4, 0.5) is 0 Å². The third-order valence-corrected chi connectivity index (χ3v) is 15.0. The predicted octanol–water partition coefficient (Wildman–Crippen LogP) is 14.4. The highest BCUT2D eigenvalue weighted by molar-refractivity contribution is 7.17. The molecule has 5 heterocycles. The highest BCUT2D eigenvalue weighted by Crippen LogP contribution is 2.47. The number of nitriles is 3. The summed E-state index contributed by atoms with van der Waals surface area (Å²) in [6.07, 6.45) is 0. The second-order valence-corrected chi connectivity index (χ2v) is 19.1. The van der Waals surface area contributed by atoms with Gasteiger partial charge in [-0.2, -0.15) is 15.8 Å². The van der Waals surface area contributed by atoms with Gasteiger partial charge in [0.25, 0.3) is 0 Å². The molecule has 0 aliphatic heterocycles. The molecule has 14 rings (SSSR count). The van der Waals surface area contributed by atoms with E-state index in [0.717, 1.165) is 110 Å². The van der Waals surface area contributed by atoms with Gasteiger partial charge in [-0.15, -0.1) is 0 Å². The lowest BCUT2D eigenvalue weighted by atomic mass is 10.1. The smallest absolute Gasteiger partial charge is 0.244 e. The van der Waals surface area contributed by atoms with Crippen LogP contribution in [0.3, 0.4) is 0 Å². The van der Waals surface area contributed by atoms with Crippen molar-refractivity contribution in [1.82, 2.24) is 28.7 Å². The quantitative estimate of drug-likeness (QED) is 0.161. The summed E-state index contributed by atoms with van der Waals surface area (Å²) in [6, 6.07) is 72.5. The highest BCUT2D eigenvalue weighted by Gasteiger charge is 2.29. The van der Waals surface area contributed by atoms with E-state index >= 15 is 4.79 Å². The van der Waals surface area contributed by atoms with Crippen molar-refractivity contribution in [2.24, 2.45) is 0 Å². The lowest BCUT2D eigenvalue weighted by Gasteiger charge is -2.24. The van der Waals surface area contributed by atoms with Crippen molar-refractivity contribution in [3.63, 3.8) is 0 Å². The molecule has 0 aliphatic carbocycles. The minimum atomic E-state index is -0.254. The molecule has 0 radical (unpaired) electrons. The third kappa shape index (κ3) is 6.40. The first kappa shape index (κ1) is 42.4. The normalized spacial score (nSPS) is 11.5. The number of para-hydroxylation sites is 3. The molecule has 0 unspecified atom stereocenters. The van der Waals surface area contributed by atoms with Gasteiger partial charge in [0.2, 0.25) is 4.74 Å². The Labute approximate surface area is 425 Å². The van der Waals surface area contributed by atoms with Crippen molar-refractivity contribution in [2.75, 3.05) is 0 Å². The van der Waals surface area contributed by atoms with Crippen LogP contribution in [0.2, 0.25) is 0 Å². The predicted molar refractivity (Wildman–Crippen MR) is 295 cm³/mol. The Balaban J connectivity index is 1.21. The van der Waals surface area contributed by atoms with Gasteiger partial charge in [-0.25, -0.2) is 15.0 Å². The molecule has 342 valence electrons. The second-order valence-electron chi connectivity index (χ2n) is 18.1. The Morgan fingerprint density at radius 2 is 0.770 bits per heavy atom. The van der Waals surface area contributed by atoms with Crippen molar-refractivity contribution in [2.45, 2.75) is 0 Å². The van der Waals surface area contributed by atoms with Crippen LogP contribution < -0.4 is 4.74 Å². The van der Waals surface area contributed by atoms with Gasteiger partial charge in [-0.3, -0.25) is 4.79 Å². The van der Waals surface area contributed by atoms with Crippen LogP contribution >= 0.6 is 11.3 Å². The Bertz CT molecular complexity index is 4850. The molecule has 10 nitrogen and oxygen atoms in total. The fourth-order valence-electron chi connectivity index (χ4n) is 10.8.